The molecule has 0 bridgehead atoms. The SMILES string of the molecule is O=C(Nc1ccc(C(F)(F)F)cc1)c1ccc(Oc2cccc3c2CCN3)nc1. The third kappa shape index (κ3) is 4.16. The predicted octanol–water partition coefficient (Wildman–Crippen LogP) is 5.11. The van der Waals surface area contributed by atoms with Gasteiger partial charge >= 0.3 is 6.18 Å². The average Bonchev–Trinajstić information content (AvgIpc) is 3.18. The first-order chi connectivity index (χ1) is 13.9. The maximum absolute atomic E-state index is 12.6. The van der Waals surface area contributed by atoms with E-state index in [2.05, 4.69) is 15.6 Å². The van der Waals surface area contributed by atoms with Crippen LogP contribution in [-0.2, 0) is 12.6 Å². The number of hydrogen-bond donors (Lipinski definition) is 2. The minimum atomic E-state index is -4.42. The summed E-state index contributed by atoms with van der Waals surface area (Å²) in [4.78, 5) is 16.5. The van der Waals surface area contributed by atoms with Crippen molar-refractivity contribution in [2.75, 3.05) is 17.2 Å². The van der Waals surface area contributed by atoms with Crippen molar-refractivity contribution in [3.8, 4) is 11.6 Å². The third-order valence-corrected chi connectivity index (χ3v) is 4.51. The van der Waals surface area contributed by atoms with Crippen molar-refractivity contribution >= 4 is 17.3 Å². The first kappa shape index (κ1) is 18.8. The van der Waals surface area contributed by atoms with Crippen LogP contribution in [0.5, 0.6) is 11.6 Å². The van der Waals surface area contributed by atoms with Gasteiger partial charge in [0.15, 0.2) is 0 Å². The lowest BCUT2D eigenvalue weighted by Gasteiger charge is -2.10. The second-order valence-electron chi connectivity index (χ2n) is 6.48. The second-order valence-corrected chi connectivity index (χ2v) is 6.48. The number of rotatable bonds is 4. The van der Waals surface area contributed by atoms with Crippen molar-refractivity contribution < 1.29 is 22.7 Å². The van der Waals surface area contributed by atoms with Crippen LogP contribution in [0.2, 0.25) is 0 Å². The normalized spacial score (nSPS) is 12.8. The minimum Gasteiger partial charge on any atom is -0.439 e. The number of carbonyl (C=O) groups excluding carboxylic acids is 1. The standard InChI is InChI=1S/C21H16F3N3O2/c22-21(23,24)14-5-7-15(8-6-14)27-20(28)13-4-9-19(26-12-13)29-18-3-1-2-17-16(18)10-11-25-17/h1-9,12,25H,10-11H2,(H,27,28). The highest BCUT2D eigenvalue weighted by Crippen LogP contribution is 2.33. The fraction of sp³-hybridized carbons (Fsp3) is 0.143. The molecule has 4 rings (SSSR count). The molecule has 0 spiro atoms. The smallest absolute Gasteiger partial charge is 0.416 e. The molecule has 0 fully saturated rings. The molecule has 0 aliphatic carbocycles. The van der Waals surface area contributed by atoms with Gasteiger partial charge in [0.25, 0.3) is 5.91 Å². The van der Waals surface area contributed by atoms with Crippen molar-refractivity contribution in [3.05, 3.63) is 77.5 Å². The van der Waals surface area contributed by atoms with Crippen LogP contribution >= 0.6 is 0 Å². The summed E-state index contributed by atoms with van der Waals surface area (Å²) in [5.41, 5.74) is 1.86. The maximum atomic E-state index is 12.6. The number of pyridine rings is 1. The molecule has 2 aromatic carbocycles. The van der Waals surface area contributed by atoms with Gasteiger partial charge in [0.1, 0.15) is 5.75 Å². The van der Waals surface area contributed by atoms with E-state index in [0.29, 0.717) is 11.6 Å². The molecule has 1 aromatic heterocycles. The first-order valence-electron chi connectivity index (χ1n) is 8.88. The summed E-state index contributed by atoms with van der Waals surface area (Å²) in [7, 11) is 0. The summed E-state index contributed by atoms with van der Waals surface area (Å²) >= 11 is 0. The molecule has 2 N–H and O–H groups in total. The van der Waals surface area contributed by atoms with E-state index >= 15 is 0 Å². The fourth-order valence-corrected chi connectivity index (χ4v) is 3.04. The molecule has 8 heteroatoms. The van der Waals surface area contributed by atoms with E-state index in [1.54, 1.807) is 12.1 Å². The average molecular weight is 399 g/mol. The number of carbonyl (C=O) groups is 1. The van der Waals surface area contributed by atoms with Gasteiger partial charge in [0.05, 0.1) is 11.1 Å². The molecule has 0 atom stereocenters. The highest BCUT2D eigenvalue weighted by Gasteiger charge is 2.30. The van der Waals surface area contributed by atoms with Crippen LogP contribution in [0.15, 0.2) is 60.8 Å². The van der Waals surface area contributed by atoms with Gasteiger partial charge in [-0.15, -0.1) is 0 Å². The van der Waals surface area contributed by atoms with Gasteiger partial charge in [-0.2, -0.15) is 13.2 Å². The maximum Gasteiger partial charge on any atom is 0.416 e. The molecule has 1 amide bonds. The number of nitrogens with zero attached hydrogens (tertiary/aromatic N) is 1. The Hall–Kier alpha value is -3.55. The zero-order valence-electron chi connectivity index (χ0n) is 15.1. The van der Waals surface area contributed by atoms with Gasteiger partial charge in [-0.05, 0) is 48.9 Å². The van der Waals surface area contributed by atoms with Gasteiger partial charge in [-0.25, -0.2) is 4.98 Å². The quantitative estimate of drug-likeness (QED) is 0.640. The van der Waals surface area contributed by atoms with Gasteiger partial charge in [0.2, 0.25) is 5.88 Å². The Morgan fingerprint density at radius 3 is 2.55 bits per heavy atom. The number of halogens is 3. The summed E-state index contributed by atoms with van der Waals surface area (Å²) in [6.45, 7) is 0.853. The molecule has 2 heterocycles. The Morgan fingerprint density at radius 2 is 1.86 bits per heavy atom. The van der Waals surface area contributed by atoms with E-state index < -0.39 is 17.6 Å². The number of anilines is 2. The Balaban J connectivity index is 1.42. The minimum absolute atomic E-state index is 0.260. The molecule has 3 aromatic rings. The van der Waals surface area contributed by atoms with Crippen molar-refractivity contribution in [1.82, 2.24) is 4.98 Å². The zero-order chi connectivity index (χ0) is 20.4. The summed E-state index contributed by atoms with van der Waals surface area (Å²) < 4.78 is 43.6. The molecule has 0 unspecified atom stereocenters. The molecular formula is C21H16F3N3O2. The van der Waals surface area contributed by atoms with Crippen LogP contribution in [0.1, 0.15) is 21.5 Å². The van der Waals surface area contributed by atoms with Crippen LogP contribution < -0.4 is 15.4 Å². The van der Waals surface area contributed by atoms with E-state index in [-0.39, 0.29) is 11.3 Å². The monoisotopic (exact) mass is 399 g/mol. The van der Waals surface area contributed by atoms with Crippen molar-refractivity contribution in [1.29, 1.82) is 0 Å². The van der Waals surface area contributed by atoms with Gasteiger partial charge in [-0.3, -0.25) is 4.79 Å². The molecule has 1 aliphatic rings. The lowest BCUT2D eigenvalue weighted by Crippen LogP contribution is -2.12. The van der Waals surface area contributed by atoms with Crippen molar-refractivity contribution in [2.24, 2.45) is 0 Å². The van der Waals surface area contributed by atoms with E-state index in [0.717, 1.165) is 36.3 Å². The number of ether oxygens (including phenoxy) is 1. The number of hydrogen-bond acceptors (Lipinski definition) is 4. The lowest BCUT2D eigenvalue weighted by molar-refractivity contribution is -0.137. The van der Waals surface area contributed by atoms with Crippen LogP contribution in [-0.4, -0.2) is 17.4 Å². The van der Waals surface area contributed by atoms with Crippen LogP contribution in [0.4, 0.5) is 24.5 Å². The lowest BCUT2D eigenvalue weighted by atomic mass is 10.1. The number of benzene rings is 2. The molecule has 0 saturated carbocycles. The predicted molar refractivity (Wildman–Crippen MR) is 102 cm³/mol. The largest absolute Gasteiger partial charge is 0.439 e. The summed E-state index contributed by atoms with van der Waals surface area (Å²) in [6, 6.07) is 13.1. The Bertz CT molecular complexity index is 1030. The second kappa shape index (κ2) is 7.46. The molecule has 5 nitrogen and oxygen atoms in total. The molecule has 148 valence electrons. The van der Waals surface area contributed by atoms with Gasteiger partial charge in [0, 0.05) is 35.7 Å². The van der Waals surface area contributed by atoms with Crippen molar-refractivity contribution in [3.63, 3.8) is 0 Å². The Labute approximate surface area is 164 Å². The van der Waals surface area contributed by atoms with Crippen LogP contribution in [0.25, 0.3) is 0 Å². The molecule has 1 aliphatic heterocycles. The summed E-state index contributed by atoms with van der Waals surface area (Å²) in [5.74, 6) is 0.576. The molecule has 0 saturated heterocycles. The van der Waals surface area contributed by atoms with Crippen molar-refractivity contribution in [2.45, 2.75) is 12.6 Å². The number of nitrogens with one attached hydrogen (secondary N) is 2. The van der Waals surface area contributed by atoms with E-state index in [1.165, 1.54) is 18.3 Å². The molecule has 0 radical (unpaired) electrons. The zero-order valence-corrected chi connectivity index (χ0v) is 15.1. The first-order valence-corrected chi connectivity index (χ1v) is 8.88. The van der Waals surface area contributed by atoms with E-state index in [9.17, 15) is 18.0 Å². The van der Waals surface area contributed by atoms with Crippen LogP contribution in [0, 0.1) is 0 Å². The molecular weight excluding hydrogens is 383 g/mol. The number of amides is 1. The fourth-order valence-electron chi connectivity index (χ4n) is 3.04. The Morgan fingerprint density at radius 1 is 1.07 bits per heavy atom. The molecule has 29 heavy (non-hydrogen) atoms. The topological polar surface area (TPSA) is 63.2 Å². The van der Waals surface area contributed by atoms with Crippen LogP contribution in [0.3, 0.4) is 0 Å². The highest BCUT2D eigenvalue weighted by molar-refractivity contribution is 6.04. The summed E-state index contributed by atoms with van der Waals surface area (Å²) in [5, 5.41) is 5.81. The van der Waals surface area contributed by atoms with Gasteiger partial charge < -0.3 is 15.4 Å². The van der Waals surface area contributed by atoms with E-state index in [4.69, 9.17) is 4.74 Å². The highest BCUT2D eigenvalue weighted by atomic mass is 19.4. The number of fused-ring (bicyclic) bond motifs is 1. The van der Waals surface area contributed by atoms with Gasteiger partial charge in [-0.1, -0.05) is 6.07 Å². The van der Waals surface area contributed by atoms with E-state index in [1.807, 2.05) is 18.2 Å². The number of alkyl halides is 3. The Kier molecular flexibility index (Phi) is 4.84. The third-order valence-electron chi connectivity index (χ3n) is 4.51. The number of aromatic nitrogens is 1. The summed E-state index contributed by atoms with van der Waals surface area (Å²) in [6.07, 6.45) is -2.20.